The molecule has 0 aliphatic carbocycles. The molecular weight excluding hydrogens is 470 g/mol. The first-order valence-corrected chi connectivity index (χ1v) is 13.5. The molecule has 37 heavy (non-hydrogen) atoms. The van der Waals surface area contributed by atoms with Gasteiger partial charge < -0.3 is 24.3 Å². The summed E-state index contributed by atoms with van der Waals surface area (Å²) in [5.41, 5.74) is 1.93. The van der Waals surface area contributed by atoms with Crippen molar-refractivity contribution in [1.82, 2.24) is 9.80 Å². The smallest absolute Gasteiger partial charge is 0.352 e. The number of fused-ring (bicyclic) bond motifs is 5. The number of quaternary nitrogens is 1. The molecule has 2 N–H and O–H groups in total. The molecule has 0 spiro atoms. The number of amides is 1. The Morgan fingerprint density at radius 3 is 2.46 bits per heavy atom. The van der Waals surface area contributed by atoms with E-state index in [1.165, 1.54) is 59.6 Å². The maximum absolute atomic E-state index is 12.6. The highest BCUT2D eigenvalue weighted by Gasteiger charge is 2.59. The van der Waals surface area contributed by atoms with Crippen molar-refractivity contribution in [2.45, 2.75) is 32.4 Å². The van der Waals surface area contributed by atoms with Gasteiger partial charge in [-0.05, 0) is 23.9 Å². The number of carboxylic acids is 1. The van der Waals surface area contributed by atoms with E-state index in [9.17, 15) is 19.8 Å². The predicted octanol–water partition coefficient (Wildman–Crippen LogP) is 2.10. The lowest BCUT2D eigenvalue weighted by Crippen LogP contribution is -2.67. The first-order chi connectivity index (χ1) is 17.8. The number of carboxylic acid groups (broad SMARTS) is 1. The number of aliphatic hydroxyl groups is 1. The number of nitrogens with zero attached hydrogens (tertiary/aromatic N) is 3. The van der Waals surface area contributed by atoms with E-state index in [0.717, 1.165) is 24.1 Å². The highest BCUT2D eigenvalue weighted by Crippen LogP contribution is 2.47. The molecular formula is C29H36N3O5+. The van der Waals surface area contributed by atoms with Crippen molar-refractivity contribution in [3.05, 3.63) is 53.2 Å². The van der Waals surface area contributed by atoms with E-state index in [4.69, 9.17) is 4.74 Å². The van der Waals surface area contributed by atoms with Crippen molar-refractivity contribution in [1.29, 1.82) is 0 Å². The normalized spacial score (nSPS) is 31.4. The van der Waals surface area contributed by atoms with E-state index in [0.29, 0.717) is 5.57 Å². The summed E-state index contributed by atoms with van der Waals surface area (Å²) < 4.78 is 7.49. The summed E-state index contributed by atoms with van der Waals surface area (Å²) in [5, 5.41) is 22.2. The number of benzene rings is 2. The fourth-order valence-electron chi connectivity index (χ4n) is 7.10. The minimum atomic E-state index is -1.13. The van der Waals surface area contributed by atoms with Crippen LogP contribution in [0.2, 0.25) is 0 Å². The minimum Gasteiger partial charge on any atom is -0.488 e. The molecule has 0 aromatic heterocycles. The van der Waals surface area contributed by atoms with Crippen molar-refractivity contribution < 1.29 is 29.0 Å². The van der Waals surface area contributed by atoms with Gasteiger partial charge in [0, 0.05) is 42.9 Å². The minimum absolute atomic E-state index is 0.0101. The number of piperazine rings is 3. The zero-order valence-corrected chi connectivity index (χ0v) is 21.6. The van der Waals surface area contributed by atoms with E-state index >= 15 is 0 Å². The van der Waals surface area contributed by atoms with Crippen LogP contribution in [0.25, 0.3) is 10.8 Å². The Morgan fingerprint density at radius 1 is 1.11 bits per heavy atom. The summed E-state index contributed by atoms with van der Waals surface area (Å²) in [6.45, 7) is 12.1. The van der Waals surface area contributed by atoms with Gasteiger partial charge in [0.25, 0.3) is 0 Å². The Kier molecular flexibility index (Phi) is 6.01. The molecule has 7 rings (SSSR count). The summed E-state index contributed by atoms with van der Waals surface area (Å²) in [6.07, 6.45) is 0.202. The molecule has 4 atom stereocenters. The van der Waals surface area contributed by atoms with Crippen LogP contribution in [0.4, 0.5) is 0 Å². The van der Waals surface area contributed by atoms with Crippen LogP contribution in [-0.4, -0.2) is 101 Å². The number of rotatable bonds is 8. The van der Waals surface area contributed by atoms with Crippen LogP contribution in [0, 0.1) is 11.8 Å². The monoisotopic (exact) mass is 506 g/mol. The van der Waals surface area contributed by atoms with Gasteiger partial charge in [0.1, 0.15) is 18.1 Å². The van der Waals surface area contributed by atoms with Crippen LogP contribution in [0.5, 0.6) is 5.75 Å². The highest BCUT2D eigenvalue weighted by atomic mass is 16.5. The topological polar surface area (TPSA) is 90.3 Å². The molecule has 5 heterocycles. The zero-order chi connectivity index (χ0) is 25.9. The number of carbonyl (C=O) groups excluding carboxylic acids is 1. The Hall–Kier alpha value is -2.94. The average Bonchev–Trinajstić information content (AvgIpc) is 3.15. The highest BCUT2D eigenvalue weighted by molar-refractivity contribution is 6.00. The maximum atomic E-state index is 12.6. The largest absolute Gasteiger partial charge is 0.488 e. The van der Waals surface area contributed by atoms with E-state index in [2.05, 4.69) is 29.2 Å². The first-order valence-electron chi connectivity index (χ1n) is 13.5. The van der Waals surface area contributed by atoms with Crippen LogP contribution in [0.15, 0.2) is 47.7 Å². The van der Waals surface area contributed by atoms with Gasteiger partial charge >= 0.3 is 5.97 Å². The molecule has 8 nitrogen and oxygen atoms in total. The van der Waals surface area contributed by atoms with Crippen molar-refractivity contribution in [2.24, 2.45) is 11.8 Å². The molecule has 1 amide bonds. The number of β-lactam (4-membered cyclic amide) rings is 1. The molecule has 4 fully saturated rings. The number of hydrogen-bond acceptors (Lipinski definition) is 5. The molecule has 5 aliphatic rings. The molecule has 2 aromatic carbocycles. The number of aliphatic hydroxyl groups excluding tert-OH is 1. The maximum Gasteiger partial charge on any atom is 0.352 e. The third kappa shape index (κ3) is 3.93. The SMILES string of the molecule is C[C@@H](O)[C@H]1C(=O)N2C(C(=O)O)=C(COc3cccc4c(CC[N+]56CCN(CC5)CC6)cccc34)[C@H](C)[C@H]12. The van der Waals surface area contributed by atoms with Gasteiger partial charge in [-0.2, -0.15) is 0 Å². The van der Waals surface area contributed by atoms with Crippen molar-refractivity contribution in [3.8, 4) is 5.75 Å². The Bertz CT molecular complexity index is 1270. The number of ether oxygens (including phenoxy) is 1. The van der Waals surface area contributed by atoms with E-state index in [1.54, 1.807) is 6.92 Å². The van der Waals surface area contributed by atoms with Crippen molar-refractivity contribution >= 4 is 22.6 Å². The molecule has 196 valence electrons. The van der Waals surface area contributed by atoms with Crippen molar-refractivity contribution in [3.63, 3.8) is 0 Å². The second-order valence-electron chi connectivity index (χ2n) is 11.3. The van der Waals surface area contributed by atoms with E-state index in [1.807, 2.05) is 19.1 Å². The summed E-state index contributed by atoms with van der Waals surface area (Å²) >= 11 is 0. The van der Waals surface area contributed by atoms with E-state index in [-0.39, 0.29) is 30.2 Å². The lowest BCUT2D eigenvalue weighted by molar-refractivity contribution is -0.940. The summed E-state index contributed by atoms with van der Waals surface area (Å²) in [4.78, 5) is 28.7. The van der Waals surface area contributed by atoms with Gasteiger partial charge in [0.15, 0.2) is 0 Å². The summed E-state index contributed by atoms with van der Waals surface area (Å²) in [5.74, 6) is -1.51. The van der Waals surface area contributed by atoms with Gasteiger partial charge in [0.05, 0.1) is 44.2 Å². The number of hydrogen-bond donors (Lipinski definition) is 2. The molecule has 2 bridgehead atoms. The van der Waals surface area contributed by atoms with Crippen LogP contribution in [0.3, 0.4) is 0 Å². The van der Waals surface area contributed by atoms with E-state index < -0.39 is 18.0 Å². The van der Waals surface area contributed by atoms with Gasteiger partial charge in [-0.25, -0.2) is 4.79 Å². The molecule has 0 radical (unpaired) electrons. The first kappa shape index (κ1) is 24.4. The number of aliphatic carboxylic acids is 1. The fourth-order valence-corrected chi connectivity index (χ4v) is 7.10. The van der Waals surface area contributed by atoms with Gasteiger partial charge in [-0.15, -0.1) is 0 Å². The van der Waals surface area contributed by atoms with Gasteiger partial charge in [-0.3, -0.25) is 9.69 Å². The van der Waals surface area contributed by atoms with Gasteiger partial charge in [0.2, 0.25) is 5.91 Å². The lowest BCUT2D eigenvalue weighted by atomic mass is 9.78. The third-order valence-corrected chi connectivity index (χ3v) is 9.40. The van der Waals surface area contributed by atoms with Crippen LogP contribution in [-0.2, 0) is 16.0 Å². The Balaban J connectivity index is 1.23. The lowest BCUT2D eigenvalue weighted by Gasteiger charge is -2.50. The zero-order valence-electron chi connectivity index (χ0n) is 21.6. The molecule has 5 aliphatic heterocycles. The second-order valence-corrected chi connectivity index (χ2v) is 11.3. The average molecular weight is 507 g/mol. The Morgan fingerprint density at radius 2 is 1.78 bits per heavy atom. The third-order valence-electron chi connectivity index (χ3n) is 9.40. The fraction of sp³-hybridized carbons (Fsp3) is 0.517. The second kappa shape index (κ2) is 9.11. The summed E-state index contributed by atoms with van der Waals surface area (Å²) in [7, 11) is 0. The van der Waals surface area contributed by atoms with Crippen molar-refractivity contribution in [2.75, 3.05) is 52.4 Å². The Labute approximate surface area is 217 Å². The molecule has 4 saturated heterocycles. The van der Waals surface area contributed by atoms with Crippen LogP contribution < -0.4 is 4.74 Å². The molecule has 0 saturated carbocycles. The molecule has 2 aromatic rings. The van der Waals surface area contributed by atoms with Gasteiger partial charge in [-0.1, -0.05) is 37.3 Å². The van der Waals surface area contributed by atoms with Crippen LogP contribution in [0.1, 0.15) is 19.4 Å². The molecule has 8 heteroatoms. The molecule has 0 unspecified atom stereocenters. The standard InChI is InChI=1S/C29H35N3O5/c1-18-23(27(29(35)36)31-26(18)25(19(2)33)28(31)34)17-37-24-8-4-6-21-20(5-3-7-22(21)24)9-13-32-14-10-30(11-15-32)12-16-32/h3-8,18-19,25-26,33H,9-17H2,1-2H3/p+1/t18-,19+,25+,26+/m0/s1. The van der Waals surface area contributed by atoms with Crippen LogP contribution >= 0.6 is 0 Å². The quantitative estimate of drug-likeness (QED) is 0.421. The number of carbonyl (C=O) groups is 2. The summed E-state index contributed by atoms with van der Waals surface area (Å²) in [6, 6.07) is 12.1. The predicted molar refractivity (Wildman–Crippen MR) is 139 cm³/mol.